The minimum absolute atomic E-state index is 0.0666. The molecular weight excluding hydrogens is 242 g/mol. The predicted molar refractivity (Wildman–Crippen MR) is 73.9 cm³/mol. The summed E-state index contributed by atoms with van der Waals surface area (Å²) in [7, 11) is 0. The molecule has 0 aromatic heterocycles. The van der Waals surface area contributed by atoms with Crippen molar-refractivity contribution in [2.75, 3.05) is 13.1 Å². The summed E-state index contributed by atoms with van der Waals surface area (Å²) >= 11 is 0. The topological polar surface area (TPSA) is 78.9 Å². The predicted octanol–water partition coefficient (Wildman–Crippen LogP) is 1.94. The van der Waals surface area contributed by atoms with E-state index in [4.69, 9.17) is 10.9 Å². The summed E-state index contributed by atoms with van der Waals surface area (Å²) in [4.78, 5) is 14.8. The third-order valence-corrected chi connectivity index (χ3v) is 4.56. The third-order valence-electron chi connectivity index (χ3n) is 4.56. The van der Waals surface area contributed by atoms with Gasteiger partial charge >= 0.3 is 0 Å². The highest BCUT2D eigenvalue weighted by Gasteiger charge is 2.46. The molecule has 0 unspecified atom stereocenters. The molecule has 2 aliphatic rings. The molecule has 0 spiro atoms. The van der Waals surface area contributed by atoms with Gasteiger partial charge in [0, 0.05) is 13.1 Å². The molecule has 19 heavy (non-hydrogen) atoms. The molecule has 2 saturated carbocycles. The fourth-order valence-corrected chi connectivity index (χ4v) is 3.10. The maximum atomic E-state index is 12.9. The van der Waals surface area contributed by atoms with Crippen LogP contribution in [0.3, 0.4) is 0 Å². The smallest absolute Gasteiger partial charge is 0.236 e. The van der Waals surface area contributed by atoms with Crippen LogP contribution in [0.1, 0.15) is 51.9 Å². The SMILES string of the molecule is CCN(CC1CC1)C(=O)C1(C(N)=NO)CCCCC1. The Kier molecular flexibility index (Phi) is 4.32. The Morgan fingerprint density at radius 3 is 2.47 bits per heavy atom. The summed E-state index contributed by atoms with van der Waals surface area (Å²) < 4.78 is 0. The van der Waals surface area contributed by atoms with E-state index in [0.29, 0.717) is 25.3 Å². The first-order valence-electron chi connectivity index (χ1n) is 7.41. The summed E-state index contributed by atoms with van der Waals surface area (Å²) in [5.41, 5.74) is 5.12. The first-order chi connectivity index (χ1) is 9.14. The molecule has 2 rings (SSSR count). The molecular formula is C14H25N3O2. The lowest BCUT2D eigenvalue weighted by Crippen LogP contribution is -2.52. The lowest BCUT2D eigenvalue weighted by atomic mass is 9.72. The molecule has 5 heteroatoms. The molecule has 0 bridgehead atoms. The number of nitrogens with two attached hydrogens (primary N) is 1. The second kappa shape index (κ2) is 5.80. The van der Waals surface area contributed by atoms with E-state index in [-0.39, 0.29) is 11.7 Å². The molecule has 2 fully saturated rings. The number of hydrogen-bond acceptors (Lipinski definition) is 3. The van der Waals surface area contributed by atoms with Crippen molar-refractivity contribution in [3.05, 3.63) is 0 Å². The van der Waals surface area contributed by atoms with E-state index in [1.807, 2.05) is 11.8 Å². The van der Waals surface area contributed by atoms with Gasteiger partial charge in [-0.25, -0.2) is 0 Å². The van der Waals surface area contributed by atoms with Gasteiger partial charge in [-0.2, -0.15) is 0 Å². The Balaban J connectivity index is 2.18. The number of nitrogens with zero attached hydrogens (tertiary/aromatic N) is 2. The van der Waals surface area contributed by atoms with Crippen molar-refractivity contribution in [3.8, 4) is 0 Å². The Hall–Kier alpha value is -1.26. The Morgan fingerprint density at radius 1 is 1.37 bits per heavy atom. The molecule has 0 aromatic rings. The lowest BCUT2D eigenvalue weighted by molar-refractivity contribution is -0.140. The number of amides is 1. The average molecular weight is 267 g/mol. The van der Waals surface area contributed by atoms with Crippen molar-refractivity contribution in [3.63, 3.8) is 0 Å². The molecule has 0 aliphatic heterocycles. The zero-order chi connectivity index (χ0) is 13.9. The largest absolute Gasteiger partial charge is 0.409 e. The maximum Gasteiger partial charge on any atom is 0.236 e. The van der Waals surface area contributed by atoms with Gasteiger partial charge in [0.25, 0.3) is 0 Å². The van der Waals surface area contributed by atoms with Crippen LogP contribution < -0.4 is 5.73 Å². The minimum Gasteiger partial charge on any atom is -0.409 e. The highest BCUT2D eigenvalue weighted by atomic mass is 16.4. The number of carbonyl (C=O) groups excluding carboxylic acids is 1. The fraction of sp³-hybridized carbons (Fsp3) is 0.857. The van der Waals surface area contributed by atoms with E-state index in [0.717, 1.165) is 25.8 Å². The van der Waals surface area contributed by atoms with Gasteiger partial charge in [0.2, 0.25) is 5.91 Å². The van der Waals surface area contributed by atoms with Crippen molar-refractivity contribution in [1.82, 2.24) is 4.90 Å². The monoisotopic (exact) mass is 267 g/mol. The average Bonchev–Trinajstić information content (AvgIpc) is 3.27. The molecule has 5 nitrogen and oxygen atoms in total. The zero-order valence-electron chi connectivity index (χ0n) is 11.8. The maximum absolute atomic E-state index is 12.9. The molecule has 108 valence electrons. The van der Waals surface area contributed by atoms with Crippen molar-refractivity contribution >= 4 is 11.7 Å². The fourth-order valence-electron chi connectivity index (χ4n) is 3.10. The van der Waals surface area contributed by atoms with Crippen molar-refractivity contribution in [1.29, 1.82) is 0 Å². The summed E-state index contributed by atoms with van der Waals surface area (Å²) in [5, 5.41) is 12.2. The van der Waals surface area contributed by atoms with Crippen LogP contribution in [0.2, 0.25) is 0 Å². The Bertz CT molecular complexity index is 358. The second-order valence-corrected chi connectivity index (χ2v) is 5.92. The van der Waals surface area contributed by atoms with Gasteiger partial charge in [-0.3, -0.25) is 4.79 Å². The summed E-state index contributed by atoms with van der Waals surface area (Å²) in [6.45, 7) is 3.54. The molecule has 0 heterocycles. The molecule has 3 N–H and O–H groups in total. The lowest BCUT2D eigenvalue weighted by Gasteiger charge is -2.38. The third kappa shape index (κ3) is 2.85. The van der Waals surface area contributed by atoms with Gasteiger partial charge in [-0.05, 0) is 38.5 Å². The van der Waals surface area contributed by atoms with Gasteiger partial charge in [0.15, 0.2) is 5.84 Å². The minimum atomic E-state index is -0.752. The number of oxime groups is 1. The van der Waals surface area contributed by atoms with Crippen LogP contribution in [0, 0.1) is 11.3 Å². The molecule has 0 radical (unpaired) electrons. The molecule has 2 aliphatic carbocycles. The number of amidine groups is 1. The van der Waals surface area contributed by atoms with Crippen LogP contribution >= 0.6 is 0 Å². The van der Waals surface area contributed by atoms with Gasteiger partial charge in [-0.1, -0.05) is 24.4 Å². The zero-order valence-corrected chi connectivity index (χ0v) is 11.8. The number of hydrogen-bond donors (Lipinski definition) is 2. The highest BCUT2D eigenvalue weighted by Crippen LogP contribution is 2.39. The van der Waals surface area contributed by atoms with E-state index < -0.39 is 5.41 Å². The first kappa shape index (κ1) is 14.2. The van der Waals surface area contributed by atoms with Crippen LogP contribution in [0.15, 0.2) is 5.16 Å². The van der Waals surface area contributed by atoms with Gasteiger partial charge in [0.1, 0.15) is 5.41 Å². The first-order valence-corrected chi connectivity index (χ1v) is 7.41. The Labute approximate surface area is 114 Å². The summed E-state index contributed by atoms with van der Waals surface area (Å²) in [5.74, 6) is 0.833. The quantitative estimate of drug-likeness (QED) is 0.346. The summed E-state index contributed by atoms with van der Waals surface area (Å²) in [6, 6.07) is 0. The van der Waals surface area contributed by atoms with Crippen LogP contribution in [-0.4, -0.2) is 34.9 Å². The van der Waals surface area contributed by atoms with Gasteiger partial charge in [-0.15, -0.1) is 0 Å². The van der Waals surface area contributed by atoms with Crippen LogP contribution in [-0.2, 0) is 4.79 Å². The van der Waals surface area contributed by atoms with Crippen LogP contribution in [0.25, 0.3) is 0 Å². The normalized spacial score (nSPS) is 23.1. The van der Waals surface area contributed by atoms with E-state index in [9.17, 15) is 4.79 Å². The van der Waals surface area contributed by atoms with E-state index in [2.05, 4.69) is 5.16 Å². The molecule has 0 saturated heterocycles. The second-order valence-electron chi connectivity index (χ2n) is 5.92. The van der Waals surface area contributed by atoms with Gasteiger partial charge < -0.3 is 15.8 Å². The van der Waals surface area contributed by atoms with Crippen LogP contribution in [0.4, 0.5) is 0 Å². The van der Waals surface area contributed by atoms with Crippen molar-refractivity contribution in [2.45, 2.75) is 51.9 Å². The van der Waals surface area contributed by atoms with Crippen molar-refractivity contribution in [2.24, 2.45) is 22.2 Å². The van der Waals surface area contributed by atoms with E-state index in [1.165, 1.54) is 12.8 Å². The van der Waals surface area contributed by atoms with Crippen LogP contribution in [0.5, 0.6) is 0 Å². The highest BCUT2D eigenvalue weighted by molar-refractivity contribution is 6.06. The van der Waals surface area contributed by atoms with Gasteiger partial charge in [0.05, 0.1) is 0 Å². The van der Waals surface area contributed by atoms with Crippen molar-refractivity contribution < 1.29 is 10.0 Å². The molecule has 0 atom stereocenters. The Morgan fingerprint density at radius 2 is 2.00 bits per heavy atom. The summed E-state index contributed by atoms with van der Waals surface area (Å²) in [6.07, 6.45) is 6.95. The van der Waals surface area contributed by atoms with E-state index in [1.54, 1.807) is 0 Å². The molecule has 0 aromatic carbocycles. The molecule has 1 amide bonds. The standard InChI is InChI=1S/C14H25N3O2/c1-2-17(10-11-6-7-11)13(18)14(12(15)16-19)8-4-3-5-9-14/h11,19H,2-10H2,1H3,(H2,15,16). The number of carbonyl (C=O) groups is 1. The number of rotatable bonds is 5. The van der Waals surface area contributed by atoms with E-state index >= 15 is 0 Å².